The Morgan fingerprint density at radius 2 is 2.08 bits per heavy atom. The summed E-state index contributed by atoms with van der Waals surface area (Å²) in [5.41, 5.74) is 1.72. The molecule has 6 aliphatic rings. The molecule has 2 unspecified atom stereocenters. The lowest BCUT2D eigenvalue weighted by atomic mass is 9.63. The fraction of sp³-hybridized carbons (Fsp3) is 0.650. The van der Waals surface area contributed by atoms with E-state index in [0.717, 1.165) is 25.1 Å². The lowest BCUT2D eigenvalue weighted by Gasteiger charge is -2.61. The first kappa shape index (κ1) is 14.7. The number of carbonyl (C=O) groups excluding carboxylic acids is 1. The summed E-state index contributed by atoms with van der Waals surface area (Å²) in [5, 5.41) is 11.1. The van der Waals surface area contributed by atoms with E-state index in [9.17, 15) is 9.90 Å². The van der Waals surface area contributed by atoms with Gasteiger partial charge in [0.15, 0.2) is 0 Å². The molecular weight excluding hydrogens is 316 g/mol. The number of likely N-dealkylation sites (N-methyl/N-ethyl adjacent to an activating group) is 1. The van der Waals surface area contributed by atoms with Crippen LogP contribution in [0.5, 0.6) is 0 Å². The van der Waals surface area contributed by atoms with Gasteiger partial charge in [-0.25, -0.2) is 0 Å². The number of amides is 1. The maximum absolute atomic E-state index is 13.5. The monoisotopic (exact) mass is 340 g/mol. The summed E-state index contributed by atoms with van der Waals surface area (Å²) in [4.78, 5) is 17.6. The number of rotatable bonds is 0. The van der Waals surface area contributed by atoms with Gasteiger partial charge in [0, 0.05) is 36.7 Å². The molecule has 6 bridgehead atoms. The Labute approximate surface area is 147 Å². The van der Waals surface area contributed by atoms with Crippen molar-refractivity contribution in [2.75, 3.05) is 18.6 Å². The van der Waals surface area contributed by atoms with Gasteiger partial charge in [0.1, 0.15) is 6.23 Å². The van der Waals surface area contributed by atoms with Crippen LogP contribution in [0.15, 0.2) is 24.3 Å². The third kappa shape index (κ3) is 1.44. The Morgan fingerprint density at radius 3 is 2.92 bits per heavy atom. The summed E-state index contributed by atoms with van der Waals surface area (Å²) in [5.74, 6) is 1.32. The van der Waals surface area contributed by atoms with Gasteiger partial charge in [0.2, 0.25) is 5.91 Å². The number of ether oxygens (including phenoxy) is 1. The highest BCUT2D eigenvalue weighted by atomic mass is 16.5. The van der Waals surface area contributed by atoms with Crippen molar-refractivity contribution in [3.63, 3.8) is 0 Å². The first-order chi connectivity index (χ1) is 12.1. The second-order valence-corrected chi connectivity index (χ2v) is 8.68. The van der Waals surface area contributed by atoms with Gasteiger partial charge in [0.25, 0.3) is 0 Å². The Kier molecular flexibility index (Phi) is 2.62. The second-order valence-electron chi connectivity index (χ2n) is 8.68. The predicted octanol–water partition coefficient (Wildman–Crippen LogP) is 1.35. The lowest BCUT2D eigenvalue weighted by Crippen LogP contribution is -2.70. The van der Waals surface area contributed by atoms with Crippen LogP contribution in [-0.2, 0) is 14.9 Å². The van der Waals surface area contributed by atoms with Gasteiger partial charge in [-0.3, -0.25) is 9.69 Å². The van der Waals surface area contributed by atoms with Crippen molar-refractivity contribution in [3.8, 4) is 0 Å². The Balaban J connectivity index is 1.53. The number of nitrogens with zero attached hydrogens (tertiary/aromatic N) is 2. The van der Waals surface area contributed by atoms with Crippen LogP contribution in [0.1, 0.15) is 25.3 Å². The fourth-order valence-corrected chi connectivity index (χ4v) is 7.10. The van der Waals surface area contributed by atoms with Crippen LogP contribution in [0.2, 0.25) is 0 Å². The minimum Gasteiger partial charge on any atom is -0.378 e. The van der Waals surface area contributed by atoms with E-state index in [-0.39, 0.29) is 30.0 Å². The lowest BCUT2D eigenvalue weighted by molar-refractivity contribution is -0.257. The number of benzene rings is 1. The number of hydrogen-bond donors (Lipinski definition) is 1. The summed E-state index contributed by atoms with van der Waals surface area (Å²) >= 11 is 0. The number of para-hydroxylation sites is 1. The van der Waals surface area contributed by atoms with Crippen LogP contribution in [-0.4, -0.2) is 54.0 Å². The highest BCUT2D eigenvalue weighted by Crippen LogP contribution is 2.64. The Morgan fingerprint density at radius 1 is 1.28 bits per heavy atom. The average molecular weight is 340 g/mol. The molecule has 5 nitrogen and oxygen atoms in total. The van der Waals surface area contributed by atoms with Crippen LogP contribution in [0.3, 0.4) is 0 Å². The molecule has 132 valence electrons. The standard InChI is InChI=1S/C20H24N2O3/c1-10-17-11-7-16-20(8-15(12(11)9-25-10)22(16)18(17)23)13-5-3-4-6-14(13)21(2)19(20)24/h3-6,10-12,15-18,23H,7-9H2,1-2H3/t10-,11+,12+,15-,16-,17?,18+,20-/m0/s1. The van der Waals surface area contributed by atoms with E-state index in [1.807, 2.05) is 24.1 Å². The highest BCUT2D eigenvalue weighted by molar-refractivity contribution is 6.08. The maximum Gasteiger partial charge on any atom is 0.239 e. The smallest absolute Gasteiger partial charge is 0.239 e. The molecule has 9 atom stereocenters. The molecule has 6 aliphatic heterocycles. The number of aliphatic hydroxyl groups excluding tert-OH is 1. The van der Waals surface area contributed by atoms with E-state index < -0.39 is 11.6 Å². The van der Waals surface area contributed by atoms with E-state index in [1.165, 1.54) is 5.56 Å². The predicted molar refractivity (Wildman–Crippen MR) is 92.1 cm³/mol. The molecule has 25 heavy (non-hydrogen) atoms. The van der Waals surface area contributed by atoms with E-state index >= 15 is 0 Å². The molecule has 5 fully saturated rings. The summed E-state index contributed by atoms with van der Waals surface area (Å²) < 4.78 is 6.00. The van der Waals surface area contributed by atoms with Crippen LogP contribution in [0.25, 0.3) is 0 Å². The molecule has 1 aromatic carbocycles. The van der Waals surface area contributed by atoms with E-state index in [0.29, 0.717) is 11.8 Å². The topological polar surface area (TPSA) is 53.0 Å². The average Bonchev–Trinajstić information content (AvgIpc) is 3.01. The van der Waals surface area contributed by atoms with Crippen LogP contribution < -0.4 is 4.90 Å². The van der Waals surface area contributed by atoms with Crippen molar-refractivity contribution in [1.29, 1.82) is 0 Å². The van der Waals surface area contributed by atoms with Gasteiger partial charge in [0.05, 0.1) is 18.1 Å². The Bertz CT molecular complexity index is 782. The number of fused-ring (bicyclic) bond motifs is 2. The van der Waals surface area contributed by atoms with Gasteiger partial charge in [-0.2, -0.15) is 0 Å². The normalized spacial score (nSPS) is 52.1. The first-order valence-electron chi connectivity index (χ1n) is 9.50. The summed E-state index contributed by atoms with van der Waals surface area (Å²) in [7, 11) is 1.89. The fourth-order valence-electron chi connectivity index (χ4n) is 7.10. The summed E-state index contributed by atoms with van der Waals surface area (Å²) in [6.45, 7) is 2.86. The quantitative estimate of drug-likeness (QED) is 0.775. The van der Waals surface area contributed by atoms with Crippen molar-refractivity contribution in [2.45, 2.75) is 49.6 Å². The molecule has 0 saturated carbocycles. The highest BCUT2D eigenvalue weighted by Gasteiger charge is 2.72. The summed E-state index contributed by atoms with van der Waals surface area (Å²) in [6.07, 6.45) is 1.44. The molecule has 1 amide bonds. The molecule has 0 aliphatic carbocycles. The maximum atomic E-state index is 13.5. The first-order valence-corrected chi connectivity index (χ1v) is 9.50. The number of hydrogen-bond acceptors (Lipinski definition) is 4. The van der Waals surface area contributed by atoms with Gasteiger partial charge in [-0.05, 0) is 37.3 Å². The number of carbonyl (C=O) groups is 1. The minimum absolute atomic E-state index is 0.101. The van der Waals surface area contributed by atoms with Crippen molar-refractivity contribution in [3.05, 3.63) is 29.8 Å². The zero-order valence-corrected chi connectivity index (χ0v) is 14.6. The third-order valence-corrected chi connectivity index (χ3v) is 8.05. The molecule has 1 aromatic rings. The van der Waals surface area contributed by atoms with Gasteiger partial charge >= 0.3 is 0 Å². The largest absolute Gasteiger partial charge is 0.378 e. The molecule has 1 spiro atoms. The molecule has 6 heterocycles. The van der Waals surface area contributed by atoms with E-state index in [4.69, 9.17) is 4.74 Å². The number of piperidine rings is 3. The number of anilines is 1. The summed E-state index contributed by atoms with van der Waals surface area (Å²) in [6, 6.07) is 8.61. The number of aliphatic hydroxyl groups is 1. The van der Waals surface area contributed by atoms with Gasteiger partial charge in [-0.15, -0.1) is 0 Å². The zero-order valence-electron chi connectivity index (χ0n) is 14.6. The second kappa shape index (κ2) is 4.45. The SMILES string of the molecule is C[C@@H]1OC[C@@H]2[C@H]3C[C@@H]4N([C@H](O)C13)[C@H]2C[C@@]41C(=O)N(C)c2ccccc21. The molecule has 0 radical (unpaired) electrons. The molecule has 5 heteroatoms. The molecule has 7 rings (SSSR count). The van der Waals surface area contributed by atoms with Crippen LogP contribution in [0, 0.1) is 17.8 Å². The van der Waals surface area contributed by atoms with Crippen molar-refractivity contribution in [2.24, 2.45) is 17.8 Å². The van der Waals surface area contributed by atoms with E-state index in [1.54, 1.807) is 0 Å². The molecule has 1 N–H and O–H groups in total. The zero-order chi connectivity index (χ0) is 17.1. The van der Waals surface area contributed by atoms with Crippen molar-refractivity contribution in [1.82, 2.24) is 4.90 Å². The minimum atomic E-state index is -0.484. The Hall–Kier alpha value is -1.43. The van der Waals surface area contributed by atoms with E-state index in [2.05, 4.69) is 24.0 Å². The molecular formula is C20H24N2O3. The molecule has 0 aromatic heterocycles. The molecule has 5 saturated heterocycles. The van der Waals surface area contributed by atoms with Crippen molar-refractivity contribution < 1.29 is 14.6 Å². The van der Waals surface area contributed by atoms with Crippen molar-refractivity contribution >= 4 is 11.6 Å². The van der Waals surface area contributed by atoms with Gasteiger partial charge < -0.3 is 14.7 Å². The van der Waals surface area contributed by atoms with Crippen LogP contribution >= 0.6 is 0 Å². The van der Waals surface area contributed by atoms with Crippen LogP contribution in [0.4, 0.5) is 5.69 Å². The van der Waals surface area contributed by atoms with Gasteiger partial charge in [-0.1, -0.05) is 18.2 Å². The third-order valence-electron chi connectivity index (χ3n) is 8.05.